The third-order valence-corrected chi connectivity index (χ3v) is 2.79. The molecule has 16 heavy (non-hydrogen) atoms. The zero-order valence-corrected chi connectivity index (χ0v) is 10.5. The Kier molecular flexibility index (Phi) is 6.44. The highest BCUT2D eigenvalue weighted by atomic mass is 32.2. The van der Waals surface area contributed by atoms with E-state index in [9.17, 15) is 4.21 Å². The summed E-state index contributed by atoms with van der Waals surface area (Å²) in [5, 5.41) is 0. The van der Waals surface area contributed by atoms with Crippen molar-refractivity contribution < 1.29 is 12.9 Å². The largest absolute Gasteiger partial charge is 0.359 e. The summed E-state index contributed by atoms with van der Waals surface area (Å²) in [6, 6.07) is 0. The Morgan fingerprint density at radius 1 is 1.31 bits per heavy atom. The number of hydrogen-bond donors (Lipinski definition) is 1. The van der Waals surface area contributed by atoms with E-state index in [0.717, 1.165) is 26.2 Å². The van der Waals surface area contributed by atoms with Crippen molar-refractivity contribution in [2.45, 2.75) is 26.2 Å². The van der Waals surface area contributed by atoms with Crippen LogP contribution in [0.25, 0.3) is 0 Å². The molecule has 5 nitrogen and oxygen atoms in total. The molecule has 0 aliphatic carbocycles. The van der Waals surface area contributed by atoms with Crippen molar-refractivity contribution in [1.29, 1.82) is 0 Å². The Bertz CT molecular complexity index is 248. The molecule has 0 aromatic heterocycles. The third kappa shape index (κ3) is 5.48. The highest BCUT2D eigenvalue weighted by molar-refractivity contribution is 7.74. The predicted molar refractivity (Wildman–Crippen MR) is 63.7 cm³/mol. The van der Waals surface area contributed by atoms with Crippen LogP contribution in [0.1, 0.15) is 26.2 Å². The molecule has 0 bridgehead atoms. The normalized spacial score (nSPS) is 17.1. The maximum atomic E-state index is 10.2. The minimum Gasteiger partial charge on any atom is -0.359 e. The SMILES string of the molecule is CCCCN1C=CN(CCCOS(=O)O)C1. The van der Waals surface area contributed by atoms with E-state index in [1.54, 1.807) is 0 Å². The molecule has 1 N–H and O–H groups in total. The molecule has 0 saturated carbocycles. The van der Waals surface area contributed by atoms with Crippen LogP contribution in [0.2, 0.25) is 0 Å². The van der Waals surface area contributed by atoms with Crippen molar-refractivity contribution in [3.8, 4) is 0 Å². The average molecular weight is 248 g/mol. The Balaban J connectivity index is 2.04. The molecule has 0 amide bonds. The molecular weight excluding hydrogens is 228 g/mol. The molecule has 6 heteroatoms. The molecule has 0 spiro atoms. The van der Waals surface area contributed by atoms with E-state index < -0.39 is 11.4 Å². The summed E-state index contributed by atoms with van der Waals surface area (Å²) in [5.41, 5.74) is 0. The van der Waals surface area contributed by atoms with Crippen molar-refractivity contribution in [3.05, 3.63) is 12.4 Å². The predicted octanol–water partition coefficient (Wildman–Crippen LogP) is 1.38. The van der Waals surface area contributed by atoms with Gasteiger partial charge in [-0.3, -0.25) is 8.74 Å². The number of hydrogen-bond acceptors (Lipinski definition) is 4. The van der Waals surface area contributed by atoms with Gasteiger partial charge in [-0.15, -0.1) is 0 Å². The minimum atomic E-state index is -2.13. The van der Waals surface area contributed by atoms with Gasteiger partial charge in [0.15, 0.2) is 0 Å². The van der Waals surface area contributed by atoms with Crippen LogP contribution in [0.3, 0.4) is 0 Å². The standard InChI is InChI=1S/C10H20N2O3S/c1-2-3-5-11-7-8-12(10-11)6-4-9-15-16(13)14/h7-8H,2-6,9-10H2,1H3,(H,13,14). The van der Waals surface area contributed by atoms with Gasteiger partial charge in [0.05, 0.1) is 13.3 Å². The smallest absolute Gasteiger partial charge is 0.301 e. The quantitative estimate of drug-likeness (QED) is 0.519. The van der Waals surface area contributed by atoms with Crippen LogP contribution in [-0.4, -0.2) is 44.9 Å². The Morgan fingerprint density at radius 2 is 1.94 bits per heavy atom. The van der Waals surface area contributed by atoms with E-state index in [4.69, 9.17) is 4.55 Å². The lowest BCUT2D eigenvalue weighted by atomic mass is 10.3. The Hall–Kier alpha value is -0.590. The summed E-state index contributed by atoms with van der Waals surface area (Å²) in [6.45, 7) is 5.38. The summed E-state index contributed by atoms with van der Waals surface area (Å²) in [7, 11) is 0. The molecule has 1 heterocycles. The summed E-state index contributed by atoms with van der Waals surface area (Å²) in [6.07, 6.45) is 7.34. The lowest BCUT2D eigenvalue weighted by molar-refractivity contribution is 0.236. The van der Waals surface area contributed by atoms with Crippen molar-refractivity contribution in [2.24, 2.45) is 0 Å². The Labute approximate surface area is 99.5 Å². The van der Waals surface area contributed by atoms with E-state index in [1.165, 1.54) is 12.8 Å². The van der Waals surface area contributed by atoms with Crippen LogP contribution in [-0.2, 0) is 15.5 Å². The van der Waals surface area contributed by atoms with E-state index in [-0.39, 0.29) is 0 Å². The van der Waals surface area contributed by atoms with Crippen molar-refractivity contribution in [1.82, 2.24) is 9.80 Å². The minimum absolute atomic E-state index is 0.322. The molecule has 0 fully saturated rings. The maximum absolute atomic E-state index is 10.2. The highest BCUT2D eigenvalue weighted by Gasteiger charge is 2.10. The zero-order valence-electron chi connectivity index (χ0n) is 9.67. The molecule has 0 aromatic rings. The van der Waals surface area contributed by atoms with Crippen molar-refractivity contribution in [2.75, 3.05) is 26.4 Å². The first-order chi connectivity index (χ1) is 7.72. The average Bonchev–Trinajstić information content (AvgIpc) is 2.69. The van der Waals surface area contributed by atoms with Gasteiger partial charge in [-0.1, -0.05) is 13.3 Å². The molecule has 1 aliphatic heterocycles. The highest BCUT2D eigenvalue weighted by Crippen LogP contribution is 2.08. The van der Waals surface area contributed by atoms with Crippen LogP contribution in [0.4, 0.5) is 0 Å². The van der Waals surface area contributed by atoms with Crippen LogP contribution in [0.15, 0.2) is 12.4 Å². The lowest BCUT2D eigenvalue weighted by Crippen LogP contribution is -2.27. The Morgan fingerprint density at radius 3 is 2.50 bits per heavy atom. The van der Waals surface area contributed by atoms with Crippen LogP contribution >= 0.6 is 0 Å². The first-order valence-corrected chi connectivity index (χ1v) is 6.66. The second-order valence-corrected chi connectivity index (χ2v) is 4.48. The van der Waals surface area contributed by atoms with Gasteiger partial charge in [0.1, 0.15) is 0 Å². The van der Waals surface area contributed by atoms with Gasteiger partial charge in [0.25, 0.3) is 0 Å². The van der Waals surface area contributed by atoms with E-state index >= 15 is 0 Å². The fourth-order valence-corrected chi connectivity index (χ4v) is 1.83. The van der Waals surface area contributed by atoms with Gasteiger partial charge >= 0.3 is 11.4 Å². The molecule has 0 aromatic carbocycles. The summed E-state index contributed by atoms with van der Waals surface area (Å²) >= 11 is -2.13. The summed E-state index contributed by atoms with van der Waals surface area (Å²) in [4.78, 5) is 4.45. The molecule has 1 aliphatic rings. The van der Waals surface area contributed by atoms with Crippen LogP contribution < -0.4 is 0 Å². The lowest BCUT2D eigenvalue weighted by Gasteiger charge is -2.20. The number of rotatable bonds is 8. The number of unbranched alkanes of at least 4 members (excludes halogenated alkanes) is 1. The molecule has 1 atom stereocenters. The monoisotopic (exact) mass is 248 g/mol. The van der Waals surface area contributed by atoms with Gasteiger partial charge in [-0.05, 0) is 12.8 Å². The van der Waals surface area contributed by atoms with Gasteiger partial charge in [-0.2, -0.15) is 4.21 Å². The number of nitrogens with zero attached hydrogens (tertiary/aromatic N) is 2. The second kappa shape index (κ2) is 7.65. The molecule has 94 valence electrons. The van der Waals surface area contributed by atoms with E-state index in [0.29, 0.717) is 6.61 Å². The summed E-state index contributed by atoms with van der Waals surface area (Å²) < 4.78 is 23.2. The van der Waals surface area contributed by atoms with Crippen molar-refractivity contribution >= 4 is 11.4 Å². The fraction of sp³-hybridized carbons (Fsp3) is 0.800. The second-order valence-electron chi connectivity index (χ2n) is 3.81. The third-order valence-electron chi connectivity index (χ3n) is 2.42. The first kappa shape index (κ1) is 13.5. The molecule has 1 unspecified atom stereocenters. The van der Waals surface area contributed by atoms with E-state index in [1.807, 2.05) is 0 Å². The molecular formula is C10H20N2O3S. The fourth-order valence-electron chi connectivity index (χ4n) is 1.57. The molecule has 1 rings (SSSR count). The van der Waals surface area contributed by atoms with Crippen LogP contribution in [0.5, 0.6) is 0 Å². The van der Waals surface area contributed by atoms with Crippen LogP contribution in [0, 0.1) is 0 Å². The molecule has 0 saturated heterocycles. The first-order valence-electron chi connectivity index (χ1n) is 5.63. The maximum Gasteiger partial charge on any atom is 0.301 e. The van der Waals surface area contributed by atoms with Gasteiger partial charge in [-0.25, -0.2) is 0 Å². The molecule has 0 radical (unpaired) electrons. The van der Waals surface area contributed by atoms with E-state index in [2.05, 4.69) is 33.3 Å². The van der Waals surface area contributed by atoms with Gasteiger partial charge in [0.2, 0.25) is 0 Å². The summed E-state index contributed by atoms with van der Waals surface area (Å²) in [5.74, 6) is 0. The zero-order chi connectivity index (χ0) is 11.8. The van der Waals surface area contributed by atoms with Crippen molar-refractivity contribution in [3.63, 3.8) is 0 Å². The topological polar surface area (TPSA) is 53.0 Å². The van der Waals surface area contributed by atoms with Gasteiger partial charge in [0, 0.05) is 25.5 Å². The van der Waals surface area contributed by atoms with Gasteiger partial charge < -0.3 is 9.80 Å².